The first kappa shape index (κ1) is 14.9. The molecule has 1 saturated carbocycles. The van der Waals surface area contributed by atoms with Gasteiger partial charge in [-0.2, -0.15) is 5.10 Å². The fourth-order valence-electron chi connectivity index (χ4n) is 3.51. The summed E-state index contributed by atoms with van der Waals surface area (Å²) in [5.74, 6) is 1.47. The van der Waals surface area contributed by atoms with E-state index in [1.807, 2.05) is 18.2 Å². The van der Waals surface area contributed by atoms with Crippen LogP contribution in [0.5, 0.6) is 11.5 Å². The predicted molar refractivity (Wildman–Crippen MR) is 84.5 cm³/mol. The third kappa shape index (κ3) is 2.45. The van der Waals surface area contributed by atoms with Crippen molar-refractivity contribution in [3.8, 4) is 11.5 Å². The van der Waals surface area contributed by atoms with E-state index in [1.165, 1.54) is 0 Å². The summed E-state index contributed by atoms with van der Waals surface area (Å²) in [6.45, 7) is 4.27. The molecule has 2 unspecified atom stereocenters. The van der Waals surface area contributed by atoms with Gasteiger partial charge in [-0.15, -0.1) is 0 Å². The zero-order chi connectivity index (χ0) is 15.9. The summed E-state index contributed by atoms with van der Waals surface area (Å²) in [5, 5.41) is 4.46. The quantitative estimate of drug-likeness (QED) is 0.931. The molecule has 3 rings (SSSR count). The molecule has 2 aliphatic rings. The van der Waals surface area contributed by atoms with E-state index in [9.17, 15) is 4.79 Å². The smallest absolute Gasteiger partial charge is 0.144 e. The molecule has 0 spiro atoms. The molecule has 0 aromatic heterocycles. The van der Waals surface area contributed by atoms with Gasteiger partial charge in [0.1, 0.15) is 17.3 Å². The largest absolute Gasteiger partial charge is 0.497 e. The van der Waals surface area contributed by atoms with E-state index < -0.39 is 0 Å². The average molecular weight is 302 g/mol. The van der Waals surface area contributed by atoms with Crippen molar-refractivity contribution in [2.75, 3.05) is 14.2 Å². The molecular formula is C17H22N2O3. The van der Waals surface area contributed by atoms with Crippen molar-refractivity contribution in [1.82, 2.24) is 5.43 Å². The Morgan fingerprint density at radius 2 is 2.05 bits per heavy atom. The lowest BCUT2D eigenvalue weighted by atomic mass is 9.68. The lowest BCUT2D eigenvalue weighted by molar-refractivity contribution is -0.126. The molecule has 1 aliphatic carbocycles. The standard InChI is InChI=1S/C17H22N2O3/c1-17(2)8-12-15(13(20)9-17)16(19-18-12)11-6-5-10(21-3)7-14(11)22-4/h5-7,12,15,18H,8-9H2,1-4H3. The van der Waals surface area contributed by atoms with Crippen molar-refractivity contribution in [3.05, 3.63) is 23.8 Å². The van der Waals surface area contributed by atoms with Crippen molar-refractivity contribution in [3.63, 3.8) is 0 Å². The normalized spacial score (nSPS) is 26.0. The highest BCUT2D eigenvalue weighted by molar-refractivity contribution is 6.16. The van der Waals surface area contributed by atoms with Gasteiger partial charge in [0.15, 0.2) is 0 Å². The fourth-order valence-corrected chi connectivity index (χ4v) is 3.51. The highest BCUT2D eigenvalue weighted by Gasteiger charge is 2.46. The first-order valence-electron chi connectivity index (χ1n) is 7.53. The maximum atomic E-state index is 12.6. The van der Waals surface area contributed by atoms with Crippen molar-refractivity contribution in [1.29, 1.82) is 0 Å². The van der Waals surface area contributed by atoms with Crippen molar-refractivity contribution in [2.24, 2.45) is 16.4 Å². The average Bonchev–Trinajstić information content (AvgIpc) is 2.88. The van der Waals surface area contributed by atoms with Crippen LogP contribution in [0.15, 0.2) is 23.3 Å². The van der Waals surface area contributed by atoms with Gasteiger partial charge in [-0.1, -0.05) is 13.8 Å². The SMILES string of the molecule is COc1ccc(C2=NNC3CC(C)(C)CC(=O)C23)c(OC)c1. The van der Waals surface area contributed by atoms with E-state index in [-0.39, 0.29) is 23.2 Å². The van der Waals surface area contributed by atoms with Crippen LogP contribution >= 0.6 is 0 Å². The lowest BCUT2D eigenvalue weighted by Gasteiger charge is -2.36. The van der Waals surface area contributed by atoms with Crippen LogP contribution in [0, 0.1) is 11.3 Å². The molecule has 1 aromatic rings. The number of methoxy groups -OCH3 is 2. The van der Waals surface area contributed by atoms with Crippen LogP contribution in [-0.4, -0.2) is 31.8 Å². The number of fused-ring (bicyclic) bond motifs is 1. The van der Waals surface area contributed by atoms with Gasteiger partial charge in [-0.05, 0) is 24.0 Å². The summed E-state index contributed by atoms with van der Waals surface area (Å²) in [6.07, 6.45) is 1.53. The number of hydrogen-bond acceptors (Lipinski definition) is 5. The number of Topliss-reactive ketones (excluding diaryl/α,β-unsaturated/α-hetero) is 1. The number of ketones is 1. The number of ether oxygens (including phenoxy) is 2. The molecule has 1 heterocycles. The van der Waals surface area contributed by atoms with E-state index in [1.54, 1.807) is 14.2 Å². The number of nitrogens with one attached hydrogen (secondary N) is 1. The molecule has 1 aromatic carbocycles. The van der Waals surface area contributed by atoms with Crippen LogP contribution in [0.1, 0.15) is 32.3 Å². The minimum absolute atomic E-state index is 0.0280. The Bertz CT molecular complexity index is 637. The van der Waals surface area contributed by atoms with Gasteiger partial charge in [0, 0.05) is 18.1 Å². The first-order chi connectivity index (χ1) is 10.4. The number of nitrogens with zero attached hydrogens (tertiary/aromatic N) is 1. The third-order valence-corrected chi connectivity index (χ3v) is 4.50. The third-order valence-electron chi connectivity index (χ3n) is 4.50. The first-order valence-corrected chi connectivity index (χ1v) is 7.53. The van der Waals surface area contributed by atoms with Crippen molar-refractivity contribution < 1.29 is 14.3 Å². The van der Waals surface area contributed by atoms with Gasteiger partial charge in [0.05, 0.1) is 31.9 Å². The highest BCUT2D eigenvalue weighted by Crippen LogP contribution is 2.41. The molecule has 5 nitrogen and oxygen atoms in total. The Morgan fingerprint density at radius 3 is 2.73 bits per heavy atom. The van der Waals surface area contributed by atoms with Gasteiger partial charge < -0.3 is 14.9 Å². The van der Waals surface area contributed by atoms with E-state index in [0.29, 0.717) is 12.2 Å². The second-order valence-corrected chi connectivity index (χ2v) is 6.79. The van der Waals surface area contributed by atoms with Gasteiger partial charge >= 0.3 is 0 Å². The van der Waals surface area contributed by atoms with Crippen molar-refractivity contribution >= 4 is 11.5 Å². The Labute approximate surface area is 130 Å². The summed E-state index contributed by atoms with van der Waals surface area (Å²) < 4.78 is 10.7. The molecular weight excluding hydrogens is 280 g/mol. The minimum atomic E-state index is -0.185. The van der Waals surface area contributed by atoms with Crippen LogP contribution in [0.2, 0.25) is 0 Å². The highest BCUT2D eigenvalue weighted by atomic mass is 16.5. The summed E-state index contributed by atoms with van der Waals surface area (Å²) in [7, 11) is 3.23. The van der Waals surface area contributed by atoms with Crippen LogP contribution in [-0.2, 0) is 4.79 Å². The number of rotatable bonds is 3. The number of benzene rings is 1. The summed E-state index contributed by atoms with van der Waals surface area (Å²) in [6, 6.07) is 5.68. The second-order valence-electron chi connectivity index (χ2n) is 6.79. The van der Waals surface area contributed by atoms with Crippen molar-refractivity contribution in [2.45, 2.75) is 32.7 Å². The zero-order valence-corrected chi connectivity index (χ0v) is 13.5. The number of hydrazone groups is 1. The number of carbonyl (C=O) groups is 1. The van der Waals surface area contributed by atoms with E-state index in [2.05, 4.69) is 24.4 Å². The van der Waals surface area contributed by atoms with E-state index in [0.717, 1.165) is 23.4 Å². The maximum absolute atomic E-state index is 12.6. The molecule has 118 valence electrons. The summed E-state index contributed by atoms with van der Waals surface area (Å²) in [5.41, 5.74) is 4.82. The number of hydrogen-bond donors (Lipinski definition) is 1. The minimum Gasteiger partial charge on any atom is -0.497 e. The summed E-state index contributed by atoms with van der Waals surface area (Å²) >= 11 is 0. The number of carbonyl (C=O) groups excluding carboxylic acids is 1. The monoisotopic (exact) mass is 302 g/mol. The molecule has 5 heteroatoms. The Balaban J connectivity index is 1.95. The fraction of sp³-hybridized carbons (Fsp3) is 0.529. The molecule has 0 saturated heterocycles. The molecule has 1 aliphatic heterocycles. The van der Waals surface area contributed by atoms with E-state index in [4.69, 9.17) is 9.47 Å². The zero-order valence-electron chi connectivity index (χ0n) is 13.5. The second kappa shape index (κ2) is 5.30. The topological polar surface area (TPSA) is 59.9 Å². The molecule has 2 atom stereocenters. The molecule has 0 amide bonds. The molecule has 0 radical (unpaired) electrons. The Hall–Kier alpha value is -2.04. The molecule has 1 fully saturated rings. The predicted octanol–water partition coefficient (Wildman–Crippen LogP) is 2.39. The summed E-state index contributed by atoms with van der Waals surface area (Å²) in [4.78, 5) is 12.6. The molecule has 0 bridgehead atoms. The molecule has 1 N–H and O–H groups in total. The van der Waals surface area contributed by atoms with Crippen LogP contribution in [0.4, 0.5) is 0 Å². The Kier molecular flexibility index (Phi) is 3.59. The van der Waals surface area contributed by atoms with Gasteiger partial charge in [0.2, 0.25) is 0 Å². The maximum Gasteiger partial charge on any atom is 0.144 e. The Morgan fingerprint density at radius 1 is 1.27 bits per heavy atom. The van der Waals surface area contributed by atoms with Crippen LogP contribution in [0.3, 0.4) is 0 Å². The van der Waals surface area contributed by atoms with Crippen LogP contribution in [0.25, 0.3) is 0 Å². The van der Waals surface area contributed by atoms with Gasteiger partial charge in [0.25, 0.3) is 0 Å². The van der Waals surface area contributed by atoms with Gasteiger partial charge in [-0.3, -0.25) is 4.79 Å². The van der Waals surface area contributed by atoms with Gasteiger partial charge in [-0.25, -0.2) is 0 Å². The van der Waals surface area contributed by atoms with Crippen LogP contribution < -0.4 is 14.9 Å². The lowest BCUT2D eigenvalue weighted by Crippen LogP contribution is -2.45. The van der Waals surface area contributed by atoms with E-state index >= 15 is 0 Å². The molecule has 22 heavy (non-hydrogen) atoms.